The number of amides is 1. The molecule has 4 heteroatoms. The molecule has 1 unspecified atom stereocenters. The van der Waals surface area contributed by atoms with E-state index in [9.17, 15) is 10.1 Å². The molecule has 1 atom stereocenters. The number of hydrogen-bond acceptors (Lipinski definition) is 3. The molecule has 0 radical (unpaired) electrons. The minimum atomic E-state index is -0.429. The summed E-state index contributed by atoms with van der Waals surface area (Å²) >= 11 is 0. The van der Waals surface area contributed by atoms with Crippen LogP contribution in [0.15, 0.2) is 82.8 Å². The second-order valence-electron chi connectivity index (χ2n) is 5.84. The zero-order chi connectivity index (χ0) is 18.4. The summed E-state index contributed by atoms with van der Waals surface area (Å²) in [6.07, 6.45) is 1.46. The molecular formula is C22H18N2O2. The van der Waals surface area contributed by atoms with Crippen molar-refractivity contribution in [1.82, 2.24) is 5.32 Å². The van der Waals surface area contributed by atoms with Gasteiger partial charge in [-0.25, -0.2) is 0 Å². The molecule has 4 nitrogen and oxygen atoms in total. The molecule has 3 rings (SSSR count). The van der Waals surface area contributed by atoms with Crippen LogP contribution in [0.1, 0.15) is 24.3 Å². The summed E-state index contributed by atoms with van der Waals surface area (Å²) in [5, 5.41) is 12.2. The second-order valence-corrected chi connectivity index (χ2v) is 5.84. The summed E-state index contributed by atoms with van der Waals surface area (Å²) in [6.45, 7) is 1.88. The summed E-state index contributed by atoms with van der Waals surface area (Å²) in [6, 6.07) is 24.6. The number of benzene rings is 2. The first-order chi connectivity index (χ1) is 12.7. The van der Waals surface area contributed by atoms with E-state index >= 15 is 0 Å². The van der Waals surface area contributed by atoms with Gasteiger partial charge in [0.15, 0.2) is 0 Å². The highest BCUT2D eigenvalue weighted by atomic mass is 16.3. The predicted molar refractivity (Wildman–Crippen MR) is 101 cm³/mol. The summed E-state index contributed by atoms with van der Waals surface area (Å²) < 4.78 is 5.73. The lowest BCUT2D eigenvalue weighted by molar-refractivity contribution is -0.117. The van der Waals surface area contributed by atoms with Crippen LogP contribution in [-0.4, -0.2) is 5.91 Å². The third-order valence-electron chi connectivity index (χ3n) is 3.98. The number of nitrogens with one attached hydrogen (secondary N) is 1. The maximum absolute atomic E-state index is 12.4. The molecule has 0 aliphatic carbocycles. The van der Waals surface area contributed by atoms with E-state index in [4.69, 9.17) is 4.42 Å². The standard InChI is InChI=1S/C22H18N2O2/c1-16(17-8-4-2-5-9-17)24-22(25)19(15-23)14-20-12-13-21(26-20)18-10-6-3-7-11-18/h2-14,16H,1H3,(H,24,25)/b19-14+. The van der Waals surface area contributed by atoms with Gasteiger partial charge >= 0.3 is 0 Å². The molecule has 0 aliphatic heterocycles. The van der Waals surface area contributed by atoms with Crippen LogP contribution in [0.3, 0.4) is 0 Å². The number of nitriles is 1. The van der Waals surface area contributed by atoms with Crippen molar-refractivity contribution in [3.05, 3.63) is 89.7 Å². The molecule has 0 saturated heterocycles. The van der Waals surface area contributed by atoms with Crippen LogP contribution < -0.4 is 5.32 Å². The normalized spacial score (nSPS) is 12.2. The zero-order valence-corrected chi connectivity index (χ0v) is 14.3. The molecule has 0 bridgehead atoms. The van der Waals surface area contributed by atoms with Crippen LogP contribution in [0.4, 0.5) is 0 Å². The molecule has 1 heterocycles. The third-order valence-corrected chi connectivity index (χ3v) is 3.98. The van der Waals surface area contributed by atoms with E-state index in [-0.39, 0.29) is 11.6 Å². The highest BCUT2D eigenvalue weighted by Gasteiger charge is 2.14. The zero-order valence-electron chi connectivity index (χ0n) is 14.3. The van der Waals surface area contributed by atoms with Gasteiger partial charge in [-0.05, 0) is 24.6 Å². The number of carbonyl (C=O) groups is 1. The van der Waals surface area contributed by atoms with Crippen LogP contribution in [0, 0.1) is 11.3 Å². The van der Waals surface area contributed by atoms with E-state index in [0.717, 1.165) is 11.1 Å². The fraction of sp³-hybridized carbons (Fsp3) is 0.0909. The van der Waals surface area contributed by atoms with E-state index in [2.05, 4.69) is 5.32 Å². The molecule has 26 heavy (non-hydrogen) atoms. The molecule has 0 fully saturated rings. The summed E-state index contributed by atoms with van der Waals surface area (Å²) in [7, 11) is 0. The third kappa shape index (κ3) is 4.08. The molecule has 0 saturated carbocycles. The van der Waals surface area contributed by atoms with Gasteiger partial charge in [0.25, 0.3) is 5.91 Å². The Morgan fingerprint density at radius 2 is 1.69 bits per heavy atom. The smallest absolute Gasteiger partial charge is 0.262 e. The lowest BCUT2D eigenvalue weighted by Gasteiger charge is -2.13. The van der Waals surface area contributed by atoms with E-state index in [1.165, 1.54) is 6.08 Å². The molecule has 2 aromatic carbocycles. The largest absolute Gasteiger partial charge is 0.457 e. The van der Waals surface area contributed by atoms with Gasteiger partial charge in [0, 0.05) is 11.6 Å². The average molecular weight is 342 g/mol. The first-order valence-electron chi connectivity index (χ1n) is 8.30. The molecule has 3 aromatic rings. The number of rotatable bonds is 5. The lowest BCUT2D eigenvalue weighted by Crippen LogP contribution is -2.27. The Balaban J connectivity index is 1.75. The number of hydrogen-bond donors (Lipinski definition) is 1. The Bertz CT molecular complexity index is 951. The van der Waals surface area contributed by atoms with Gasteiger partial charge in [0.1, 0.15) is 23.2 Å². The van der Waals surface area contributed by atoms with Crippen molar-refractivity contribution in [3.63, 3.8) is 0 Å². The SMILES string of the molecule is CC(NC(=O)/C(C#N)=C/c1ccc(-c2ccccc2)o1)c1ccccc1. The number of nitrogens with zero attached hydrogens (tertiary/aromatic N) is 1. The summed E-state index contributed by atoms with van der Waals surface area (Å²) in [4.78, 5) is 12.4. The molecule has 1 amide bonds. The van der Waals surface area contributed by atoms with Gasteiger partial charge in [-0.2, -0.15) is 5.26 Å². The lowest BCUT2D eigenvalue weighted by atomic mass is 10.1. The quantitative estimate of drug-likeness (QED) is 0.538. The molecule has 0 aliphatic rings. The Morgan fingerprint density at radius 1 is 1.04 bits per heavy atom. The van der Waals surface area contributed by atoms with Crippen molar-refractivity contribution >= 4 is 12.0 Å². The first-order valence-corrected chi connectivity index (χ1v) is 8.30. The Labute approximate surface area is 152 Å². The van der Waals surface area contributed by atoms with Crippen molar-refractivity contribution in [1.29, 1.82) is 5.26 Å². The molecular weight excluding hydrogens is 324 g/mol. The minimum absolute atomic E-state index is 0.00161. The van der Waals surface area contributed by atoms with E-state index in [0.29, 0.717) is 11.5 Å². The van der Waals surface area contributed by atoms with E-state index in [1.54, 1.807) is 6.07 Å². The second kappa shape index (κ2) is 8.00. The number of furan rings is 1. The van der Waals surface area contributed by atoms with E-state index in [1.807, 2.05) is 79.7 Å². The van der Waals surface area contributed by atoms with Gasteiger partial charge in [-0.3, -0.25) is 4.79 Å². The van der Waals surface area contributed by atoms with Gasteiger partial charge < -0.3 is 9.73 Å². The van der Waals surface area contributed by atoms with Gasteiger partial charge in [0.05, 0.1) is 6.04 Å². The van der Waals surface area contributed by atoms with Gasteiger partial charge in [0.2, 0.25) is 0 Å². The highest BCUT2D eigenvalue weighted by molar-refractivity contribution is 6.01. The minimum Gasteiger partial charge on any atom is -0.457 e. The molecule has 128 valence electrons. The molecule has 1 N–H and O–H groups in total. The predicted octanol–water partition coefficient (Wildman–Crippen LogP) is 4.73. The summed E-state index contributed by atoms with van der Waals surface area (Å²) in [5.41, 5.74) is 1.91. The van der Waals surface area contributed by atoms with Crippen molar-refractivity contribution in [2.24, 2.45) is 0 Å². The van der Waals surface area contributed by atoms with E-state index < -0.39 is 5.91 Å². The number of carbonyl (C=O) groups excluding carboxylic acids is 1. The maximum atomic E-state index is 12.4. The van der Waals surface area contributed by atoms with Crippen LogP contribution in [0.5, 0.6) is 0 Å². The van der Waals surface area contributed by atoms with Crippen molar-refractivity contribution in [2.45, 2.75) is 13.0 Å². The fourth-order valence-electron chi connectivity index (χ4n) is 2.58. The summed E-state index contributed by atoms with van der Waals surface area (Å²) in [5.74, 6) is 0.719. The van der Waals surface area contributed by atoms with Crippen molar-refractivity contribution < 1.29 is 9.21 Å². The fourth-order valence-corrected chi connectivity index (χ4v) is 2.58. The van der Waals surface area contributed by atoms with Crippen LogP contribution in [0.25, 0.3) is 17.4 Å². The maximum Gasteiger partial charge on any atom is 0.262 e. The Morgan fingerprint density at radius 3 is 2.35 bits per heavy atom. The molecule has 1 aromatic heterocycles. The van der Waals surface area contributed by atoms with Crippen molar-refractivity contribution in [3.8, 4) is 17.4 Å². The monoisotopic (exact) mass is 342 g/mol. The van der Waals surface area contributed by atoms with Gasteiger partial charge in [-0.15, -0.1) is 0 Å². The molecule has 0 spiro atoms. The highest BCUT2D eigenvalue weighted by Crippen LogP contribution is 2.23. The van der Waals surface area contributed by atoms with Crippen molar-refractivity contribution in [2.75, 3.05) is 0 Å². The Hall–Kier alpha value is -3.58. The van der Waals surface area contributed by atoms with Gasteiger partial charge in [-0.1, -0.05) is 60.7 Å². The topological polar surface area (TPSA) is 66.0 Å². The van der Waals surface area contributed by atoms with Crippen LogP contribution >= 0.6 is 0 Å². The first kappa shape index (κ1) is 17.2. The Kier molecular flexibility index (Phi) is 5.31. The van der Waals surface area contributed by atoms with Crippen LogP contribution in [-0.2, 0) is 4.79 Å². The average Bonchev–Trinajstić information content (AvgIpc) is 3.16. The van der Waals surface area contributed by atoms with Crippen LogP contribution in [0.2, 0.25) is 0 Å².